The zero-order valence-electron chi connectivity index (χ0n) is 9.64. The van der Waals surface area contributed by atoms with Crippen molar-refractivity contribution in [1.82, 2.24) is 5.32 Å². The molecule has 1 N–H and O–H groups in total. The van der Waals surface area contributed by atoms with Crippen molar-refractivity contribution < 1.29 is 9.18 Å². The van der Waals surface area contributed by atoms with Crippen molar-refractivity contribution in [3.05, 3.63) is 34.1 Å². The Morgan fingerprint density at radius 3 is 2.76 bits per heavy atom. The number of hydrogen-bond donors (Lipinski definition) is 1. The smallest absolute Gasteiger partial charge is 0.254 e. The van der Waals surface area contributed by atoms with Crippen LogP contribution in [-0.2, 0) is 0 Å². The van der Waals surface area contributed by atoms with Gasteiger partial charge in [-0.25, -0.2) is 4.39 Å². The second kappa shape index (κ2) is 6.36. The number of carbonyl (C=O) groups excluding carboxylic acids is 1. The highest BCUT2D eigenvalue weighted by molar-refractivity contribution is 9.10. The van der Waals surface area contributed by atoms with Gasteiger partial charge in [-0.3, -0.25) is 4.79 Å². The van der Waals surface area contributed by atoms with Gasteiger partial charge in [-0.05, 0) is 31.0 Å². The molecule has 2 nitrogen and oxygen atoms in total. The van der Waals surface area contributed by atoms with Gasteiger partial charge in [0.25, 0.3) is 5.91 Å². The van der Waals surface area contributed by atoms with E-state index >= 15 is 0 Å². The number of nitrogens with one attached hydrogen (secondary N) is 1. The molecule has 2 atom stereocenters. The minimum Gasteiger partial charge on any atom is -0.349 e. The Balaban J connectivity index is 2.79. The van der Waals surface area contributed by atoms with Crippen LogP contribution in [0.4, 0.5) is 4.39 Å². The van der Waals surface area contributed by atoms with E-state index in [4.69, 9.17) is 11.6 Å². The molecule has 0 radical (unpaired) electrons. The average Bonchev–Trinajstić information content (AvgIpc) is 2.30. The van der Waals surface area contributed by atoms with E-state index in [1.54, 1.807) is 6.07 Å². The van der Waals surface area contributed by atoms with E-state index in [1.165, 1.54) is 12.1 Å². The van der Waals surface area contributed by atoms with Gasteiger partial charge in [-0.2, -0.15) is 0 Å². The molecular weight excluding hydrogens is 308 g/mol. The second-order valence-corrected chi connectivity index (χ2v) is 5.24. The summed E-state index contributed by atoms with van der Waals surface area (Å²) in [6, 6.07) is 4.17. The molecule has 0 fully saturated rings. The van der Waals surface area contributed by atoms with Gasteiger partial charge in [0.2, 0.25) is 0 Å². The molecule has 0 spiro atoms. The third kappa shape index (κ3) is 3.96. The summed E-state index contributed by atoms with van der Waals surface area (Å²) in [4.78, 5) is 11.8. The first kappa shape index (κ1) is 14.5. The molecule has 1 rings (SSSR count). The van der Waals surface area contributed by atoms with Crippen LogP contribution in [0.3, 0.4) is 0 Å². The van der Waals surface area contributed by atoms with Crippen molar-refractivity contribution in [2.45, 2.75) is 19.9 Å². The topological polar surface area (TPSA) is 29.1 Å². The van der Waals surface area contributed by atoms with Crippen molar-refractivity contribution in [3.8, 4) is 0 Å². The van der Waals surface area contributed by atoms with Gasteiger partial charge < -0.3 is 5.32 Å². The van der Waals surface area contributed by atoms with E-state index in [0.717, 1.165) is 0 Å². The summed E-state index contributed by atoms with van der Waals surface area (Å²) in [6.45, 7) is 3.77. The molecule has 0 saturated carbocycles. The normalized spacial score (nSPS) is 14.2. The van der Waals surface area contributed by atoms with E-state index in [2.05, 4.69) is 21.2 Å². The summed E-state index contributed by atoms with van der Waals surface area (Å²) in [5.41, 5.74) is 0.0352. The number of carbonyl (C=O) groups is 1. The molecule has 0 heterocycles. The molecule has 1 aromatic rings. The Kier molecular flexibility index (Phi) is 5.40. The van der Waals surface area contributed by atoms with Crippen molar-refractivity contribution >= 4 is 33.4 Å². The standard InChI is InChI=1S/C12H14BrClFNO/c1-7(6-14)8(2)16-12(17)10-5-9(13)3-4-11(10)15/h3-5,7-8H,6H2,1-2H3,(H,16,17). The third-order valence-corrected chi connectivity index (χ3v) is 3.61. The molecule has 0 aliphatic carbocycles. The van der Waals surface area contributed by atoms with Gasteiger partial charge in [-0.1, -0.05) is 22.9 Å². The second-order valence-electron chi connectivity index (χ2n) is 4.02. The lowest BCUT2D eigenvalue weighted by Crippen LogP contribution is -2.38. The molecule has 1 amide bonds. The van der Waals surface area contributed by atoms with E-state index in [-0.39, 0.29) is 17.5 Å². The molecule has 0 saturated heterocycles. The van der Waals surface area contributed by atoms with Gasteiger partial charge in [0.1, 0.15) is 5.82 Å². The Bertz CT molecular complexity index is 413. The first-order valence-corrected chi connectivity index (χ1v) is 6.60. The van der Waals surface area contributed by atoms with Crippen molar-refractivity contribution in [2.75, 3.05) is 5.88 Å². The fourth-order valence-electron chi connectivity index (χ4n) is 1.23. The van der Waals surface area contributed by atoms with Crippen LogP contribution in [0.15, 0.2) is 22.7 Å². The lowest BCUT2D eigenvalue weighted by atomic mass is 10.1. The van der Waals surface area contributed by atoms with Crippen LogP contribution in [0.2, 0.25) is 0 Å². The molecule has 1 aromatic carbocycles. The van der Waals surface area contributed by atoms with Crippen LogP contribution in [0.5, 0.6) is 0 Å². The summed E-state index contributed by atoms with van der Waals surface area (Å²) in [7, 11) is 0. The number of alkyl halides is 1. The highest BCUT2D eigenvalue weighted by atomic mass is 79.9. The Hall–Kier alpha value is -0.610. The van der Waals surface area contributed by atoms with Crippen molar-refractivity contribution in [2.24, 2.45) is 5.92 Å². The Labute approximate surface area is 114 Å². The van der Waals surface area contributed by atoms with Gasteiger partial charge in [0.15, 0.2) is 0 Å². The Morgan fingerprint density at radius 2 is 2.18 bits per heavy atom. The monoisotopic (exact) mass is 321 g/mol. The summed E-state index contributed by atoms with van der Waals surface area (Å²) >= 11 is 8.91. The predicted molar refractivity (Wildman–Crippen MR) is 70.9 cm³/mol. The zero-order valence-corrected chi connectivity index (χ0v) is 12.0. The van der Waals surface area contributed by atoms with Crippen LogP contribution in [0.1, 0.15) is 24.2 Å². The van der Waals surface area contributed by atoms with Gasteiger partial charge in [0.05, 0.1) is 5.56 Å². The number of hydrogen-bond acceptors (Lipinski definition) is 1. The molecule has 0 aromatic heterocycles. The molecule has 0 aliphatic heterocycles. The molecule has 5 heteroatoms. The van der Waals surface area contributed by atoms with Crippen LogP contribution in [0, 0.1) is 11.7 Å². The summed E-state index contributed by atoms with van der Waals surface area (Å²) in [5.74, 6) is -0.372. The minimum absolute atomic E-state index is 0.0352. The first-order valence-electron chi connectivity index (χ1n) is 5.27. The first-order chi connectivity index (χ1) is 7.95. The lowest BCUT2D eigenvalue weighted by molar-refractivity contribution is 0.0927. The Morgan fingerprint density at radius 1 is 1.53 bits per heavy atom. The molecular formula is C12H14BrClFNO. The minimum atomic E-state index is -0.531. The molecule has 0 bridgehead atoms. The fourth-order valence-corrected chi connectivity index (χ4v) is 1.86. The van der Waals surface area contributed by atoms with Crippen LogP contribution >= 0.6 is 27.5 Å². The third-order valence-electron chi connectivity index (χ3n) is 2.63. The van der Waals surface area contributed by atoms with E-state index in [0.29, 0.717) is 10.4 Å². The number of rotatable bonds is 4. The van der Waals surface area contributed by atoms with Gasteiger partial charge in [-0.15, -0.1) is 11.6 Å². The largest absolute Gasteiger partial charge is 0.349 e. The zero-order chi connectivity index (χ0) is 13.0. The van der Waals surface area contributed by atoms with E-state index in [1.807, 2.05) is 13.8 Å². The molecule has 0 aliphatic rings. The average molecular weight is 323 g/mol. The van der Waals surface area contributed by atoms with Crippen molar-refractivity contribution in [3.63, 3.8) is 0 Å². The maximum atomic E-state index is 13.4. The molecule has 17 heavy (non-hydrogen) atoms. The maximum absolute atomic E-state index is 13.4. The van der Waals surface area contributed by atoms with Crippen LogP contribution in [-0.4, -0.2) is 17.8 Å². The highest BCUT2D eigenvalue weighted by Crippen LogP contribution is 2.16. The summed E-state index contributed by atoms with van der Waals surface area (Å²) in [5, 5.41) is 2.73. The SMILES string of the molecule is CC(CCl)C(C)NC(=O)c1cc(Br)ccc1F. The number of benzene rings is 1. The number of halogens is 3. The number of amides is 1. The quantitative estimate of drug-likeness (QED) is 0.844. The van der Waals surface area contributed by atoms with E-state index < -0.39 is 11.7 Å². The van der Waals surface area contributed by atoms with E-state index in [9.17, 15) is 9.18 Å². The maximum Gasteiger partial charge on any atom is 0.254 e. The lowest BCUT2D eigenvalue weighted by Gasteiger charge is -2.19. The highest BCUT2D eigenvalue weighted by Gasteiger charge is 2.17. The van der Waals surface area contributed by atoms with Crippen LogP contribution in [0.25, 0.3) is 0 Å². The van der Waals surface area contributed by atoms with Crippen molar-refractivity contribution in [1.29, 1.82) is 0 Å². The molecule has 94 valence electrons. The van der Waals surface area contributed by atoms with Crippen LogP contribution < -0.4 is 5.32 Å². The summed E-state index contributed by atoms with van der Waals surface area (Å²) < 4.78 is 14.1. The predicted octanol–water partition coefficient (Wildman–Crippen LogP) is 3.58. The summed E-state index contributed by atoms with van der Waals surface area (Å²) in [6.07, 6.45) is 0. The fraction of sp³-hybridized carbons (Fsp3) is 0.417. The van der Waals surface area contributed by atoms with Gasteiger partial charge >= 0.3 is 0 Å². The van der Waals surface area contributed by atoms with Gasteiger partial charge in [0, 0.05) is 16.4 Å². The molecule has 2 unspecified atom stereocenters.